The summed E-state index contributed by atoms with van der Waals surface area (Å²) in [5.74, 6) is -0.358. The number of carbonyl (C=O) groups is 1. The number of halogens is 1. The highest BCUT2D eigenvalue weighted by Gasteiger charge is 2.29. The van der Waals surface area contributed by atoms with E-state index in [0.29, 0.717) is 23.4 Å². The van der Waals surface area contributed by atoms with Crippen molar-refractivity contribution in [2.24, 2.45) is 5.10 Å². The van der Waals surface area contributed by atoms with E-state index in [1.54, 1.807) is 37.4 Å². The third kappa shape index (κ3) is 4.77. The number of urea groups is 1. The number of nitrogens with one attached hydrogen (secondary N) is 1. The Morgan fingerprint density at radius 3 is 2.47 bits per heavy atom. The topological polar surface area (TPSA) is 101 Å². The summed E-state index contributed by atoms with van der Waals surface area (Å²) in [7, 11) is 0.959. The Kier molecular flexibility index (Phi) is 6.58. The van der Waals surface area contributed by atoms with Crippen LogP contribution in [0, 0.1) is 5.82 Å². The molecule has 0 bridgehead atoms. The first-order valence-corrected chi connectivity index (χ1v) is 11.6. The Morgan fingerprint density at radius 2 is 1.91 bits per heavy atom. The number of nitrogens with zero attached hydrogens (tertiary/aromatic N) is 3. The fourth-order valence-corrected chi connectivity index (χ4v) is 4.00. The number of benzene rings is 2. The van der Waals surface area contributed by atoms with E-state index in [2.05, 4.69) is 9.82 Å². The first kappa shape index (κ1) is 23.3. The number of hydrogen-bond donors (Lipinski definition) is 1. The van der Waals surface area contributed by atoms with E-state index in [4.69, 9.17) is 9.47 Å². The monoisotopic (exact) mass is 464 g/mol. The Balaban J connectivity index is 1.86. The minimum atomic E-state index is -3.40. The van der Waals surface area contributed by atoms with Crippen LogP contribution >= 0.6 is 0 Å². The molecule has 1 atom stereocenters. The first-order chi connectivity index (χ1) is 15.1. The van der Waals surface area contributed by atoms with Crippen LogP contribution in [0.2, 0.25) is 0 Å². The molecule has 0 spiro atoms. The van der Waals surface area contributed by atoms with Gasteiger partial charge >= 0.3 is 6.03 Å². The number of carbonyl (C=O) groups excluding carboxylic acids is 1. The Morgan fingerprint density at radius 1 is 1.25 bits per heavy atom. The van der Waals surface area contributed by atoms with Crippen molar-refractivity contribution >= 4 is 33.6 Å². The number of hydrogen-bond acceptors (Lipinski definition) is 6. The van der Waals surface area contributed by atoms with Gasteiger partial charge in [0, 0.05) is 24.0 Å². The number of ether oxygens (including phenoxy) is 2. The van der Waals surface area contributed by atoms with Crippen LogP contribution in [0.15, 0.2) is 35.4 Å². The van der Waals surface area contributed by atoms with Crippen LogP contribution in [0.3, 0.4) is 0 Å². The molecule has 32 heavy (non-hydrogen) atoms. The van der Waals surface area contributed by atoms with Crippen LogP contribution in [0.4, 0.5) is 20.6 Å². The third-order valence-electron chi connectivity index (χ3n) is 5.02. The fraction of sp³-hybridized carbons (Fsp3) is 0.333. The molecule has 2 aromatic carbocycles. The average molecular weight is 465 g/mol. The second-order valence-corrected chi connectivity index (χ2v) is 9.15. The number of anilines is 2. The van der Waals surface area contributed by atoms with Crippen LogP contribution < -0.4 is 19.1 Å². The number of fused-ring (bicyclic) bond motifs is 1. The van der Waals surface area contributed by atoms with Crippen molar-refractivity contribution in [3.8, 4) is 11.5 Å². The number of methoxy groups -OCH3 is 2. The predicted molar refractivity (Wildman–Crippen MR) is 121 cm³/mol. The zero-order valence-electron chi connectivity index (χ0n) is 18.4. The van der Waals surface area contributed by atoms with Gasteiger partial charge in [0.15, 0.2) is 17.3 Å². The molecule has 0 aromatic heterocycles. The second-order valence-electron chi connectivity index (χ2n) is 7.40. The zero-order valence-corrected chi connectivity index (χ0v) is 19.2. The van der Waals surface area contributed by atoms with E-state index in [-0.39, 0.29) is 23.1 Å². The molecule has 0 radical (unpaired) electrons. The highest BCUT2D eigenvalue weighted by Crippen LogP contribution is 2.35. The lowest BCUT2D eigenvalue weighted by atomic mass is 10.00. The molecule has 2 aromatic rings. The first-order valence-electron chi connectivity index (χ1n) is 9.67. The molecular weight excluding hydrogens is 439 g/mol. The van der Waals surface area contributed by atoms with Gasteiger partial charge in [-0.05, 0) is 49.2 Å². The maximum absolute atomic E-state index is 15.0. The summed E-state index contributed by atoms with van der Waals surface area (Å²) in [4.78, 5) is 14.5. The predicted octanol–water partition coefficient (Wildman–Crippen LogP) is 3.05. The third-order valence-corrected chi connectivity index (χ3v) is 5.63. The van der Waals surface area contributed by atoms with Gasteiger partial charge in [-0.1, -0.05) is 0 Å². The molecule has 3 rings (SSSR count). The molecule has 2 amide bonds. The van der Waals surface area contributed by atoms with Gasteiger partial charge in [-0.3, -0.25) is 9.62 Å². The maximum atomic E-state index is 15.0. The molecule has 0 aliphatic carbocycles. The summed E-state index contributed by atoms with van der Waals surface area (Å²) in [6.45, 7) is 1.81. The minimum Gasteiger partial charge on any atom is -0.493 e. The van der Waals surface area contributed by atoms with Gasteiger partial charge in [-0.25, -0.2) is 22.6 Å². The number of rotatable bonds is 5. The lowest BCUT2D eigenvalue weighted by Crippen LogP contribution is -2.43. The van der Waals surface area contributed by atoms with E-state index in [0.717, 1.165) is 6.26 Å². The Labute approximate surface area is 186 Å². The smallest absolute Gasteiger partial charge is 0.344 e. The van der Waals surface area contributed by atoms with Gasteiger partial charge in [0.25, 0.3) is 0 Å². The van der Waals surface area contributed by atoms with E-state index >= 15 is 0 Å². The van der Waals surface area contributed by atoms with Crippen LogP contribution in [0.5, 0.6) is 11.5 Å². The van der Waals surface area contributed by atoms with Gasteiger partial charge in [-0.2, -0.15) is 5.10 Å². The standard InChI is InChI=1S/C21H25FN4O5S/c1-13-10-14-11-18(30-3)20(31-4)19(22)17(14)12-23-26(13)21(27)25(2)16-8-6-15(7-9-16)24-32(5,28)29/h6-9,11-13,24H,10H2,1-5H3. The minimum absolute atomic E-state index is 0.0231. The lowest BCUT2D eigenvalue weighted by Gasteiger charge is -2.28. The van der Waals surface area contributed by atoms with Gasteiger partial charge in [0.2, 0.25) is 10.0 Å². The summed E-state index contributed by atoms with van der Waals surface area (Å²) in [6.07, 6.45) is 2.71. The van der Waals surface area contributed by atoms with Gasteiger partial charge in [-0.15, -0.1) is 0 Å². The average Bonchev–Trinajstić information content (AvgIpc) is 2.90. The summed E-state index contributed by atoms with van der Waals surface area (Å²) < 4.78 is 50.4. The number of sulfonamides is 1. The van der Waals surface area contributed by atoms with Crippen LogP contribution in [-0.2, 0) is 16.4 Å². The molecule has 9 nitrogen and oxygen atoms in total. The molecule has 0 fully saturated rings. The SMILES string of the molecule is COc1cc2c(c(F)c1OC)C=NN(C(=O)N(C)c1ccc(NS(C)(=O)=O)cc1)C(C)C2. The van der Waals surface area contributed by atoms with E-state index < -0.39 is 21.9 Å². The van der Waals surface area contributed by atoms with Gasteiger partial charge in [0.05, 0.1) is 32.7 Å². The molecule has 1 aliphatic rings. The molecule has 1 unspecified atom stereocenters. The number of amides is 2. The van der Waals surface area contributed by atoms with E-state index in [9.17, 15) is 17.6 Å². The van der Waals surface area contributed by atoms with Crippen molar-refractivity contribution in [3.05, 3.63) is 47.3 Å². The summed E-state index contributed by atoms with van der Waals surface area (Å²) in [6, 6.07) is 7.22. The molecule has 1 N–H and O–H groups in total. The quantitative estimate of drug-likeness (QED) is 0.733. The normalized spacial score (nSPS) is 15.6. The Bertz CT molecular complexity index is 1150. The zero-order chi connectivity index (χ0) is 23.6. The van der Waals surface area contributed by atoms with Crippen LogP contribution in [0.25, 0.3) is 0 Å². The maximum Gasteiger partial charge on any atom is 0.344 e. The second kappa shape index (κ2) is 9.03. The summed E-state index contributed by atoms with van der Waals surface area (Å²) >= 11 is 0. The summed E-state index contributed by atoms with van der Waals surface area (Å²) in [5, 5.41) is 5.52. The van der Waals surface area contributed by atoms with Gasteiger partial charge < -0.3 is 9.47 Å². The van der Waals surface area contributed by atoms with Crippen molar-refractivity contribution in [2.75, 3.05) is 37.1 Å². The number of hydrazone groups is 1. The van der Waals surface area contributed by atoms with Crippen LogP contribution in [0.1, 0.15) is 18.1 Å². The van der Waals surface area contributed by atoms with Crippen LogP contribution in [-0.4, -0.2) is 59.2 Å². The van der Waals surface area contributed by atoms with Crippen molar-refractivity contribution < 1.29 is 27.1 Å². The van der Waals surface area contributed by atoms with Crippen molar-refractivity contribution in [2.45, 2.75) is 19.4 Å². The molecule has 11 heteroatoms. The molecule has 1 aliphatic heterocycles. The molecule has 172 valence electrons. The fourth-order valence-electron chi connectivity index (χ4n) is 3.43. The largest absolute Gasteiger partial charge is 0.493 e. The highest BCUT2D eigenvalue weighted by atomic mass is 32.2. The molecular formula is C21H25FN4O5S. The van der Waals surface area contributed by atoms with Crippen molar-refractivity contribution in [1.29, 1.82) is 0 Å². The van der Waals surface area contributed by atoms with Crippen molar-refractivity contribution in [1.82, 2.24) is 5.01 Å². The highest BCUT2D eigenvalue weighted by molar-refractivity contribution is 7.92. The molecule has 0 saturated heterocycles. The van der Waals surface area contributed by atoms with E-state index in [1.165, 1.54) is 30.3 Å². The lowest BCUT2D eigenvalue weighted by molar-refractivity contribution is 0.190. The molecule has 0 saturated carbocycles. The van der Waals surface area contributed by atoms with Gasteiger partial charge in [0.1, 0.15) is 0 Å². The van der Waals surface area contributed by atoms with Crippen molar-refractivity contribution in [3.63, 3.8) is 0 Å². The molecule has 1 heterocycles. The van der Waals surface area contributed by atoms with E-state index in [1.807, 2.05) is 6.92 Å². The Hall–Kier alpha value is -3.34. The summed E-state index contributed by atoms with van der Waals surface area (Å²) in [5.41, 5.74) is 1.80.